The Labute approximate surface area is 82.1 Å². The van der Waals surface area contributed by atoms with E-state index in [0.717, 1.165) is 0 Å². The number of benzene rings is 1. The lowest BCUT2D eigenvalue weighted by Crippen LogP contribution is -2.04. The van der Waals surface area contributed by atoms with Crippen molar-refractivity contribution in [2.75, 3.05) is 13.6 Å². The molecule has 0 bridgehead atoms. The Hall–Kier alpha value is -1.66. The molecule has 0 heterocycles. The monoisotopic (exact) mass is 191 g/mol. The Morgan fingerprint density at radius 2 is 2.36 bits per heavy atom. The lowest BCUT2D eigenvalue weighted by atomic mass is 10.1. The Morgan fingerprint density at radius 3 is 3.00 bits per heavy atom. The Morgan fingerprint density at radius 1 is 1.57 bits per heavy atom. The normalized spacial score (nSPS) is 9.00. The number of nitrogens with one attached hydrogen (secondary N) is 1. The smallest absolute Gasteiger partial charge is 0.153 e. The number of aldehydes is 1. The topological polar surface area (TPSA) is 29.1 Å². The van der Waals surface area contributed by atoms with E-state index in [4.69, 9.17) is 0 Å². The molecule has 2 nitrogen and oxygen atoms in total. The fourth-order valence-corrected chi connectivity index (χ4v) is 0.965. The van der Waals surface area contributed by atoms with Gasteiger partial charge in [-0.25, -0.2) is 4.39 Å². The van der Waals surface area contributed by atoms with Gasteiger partial charge in [0, 0.05) is 0 Å². The van der Waals surface area contributed by atoms with Crippen molar-refractivity contribution in [1.29, 1.82) is 0 Å². The first-order valence-corrected chi connectivity index (χ1v) is 4.16. The highest BCUT2D eigenvalue weighted by molar-refractivity contribution is 5.76. The van der Waals surface area contributed by atoms with Crippen LogP contribution in [0.25, 0.3) is 0 Å². The van der Waals surface area contributed by atoms with Gasteiger partial charge >= 0.3 is 0 Å². The van der Waals surface area contributed by atoms with Gasteiger partial charge in [-0.2, -0.15) is 0 Å². The average Bonchev–Trinajstić information content (AvgIpc) is 2.21. The highest BCUT2D eigenvalue weighted by Gasteiger charge is 2.03. The summed E-state index contributed by atoms with van der Waals surface area (Å²) in [5, 5.41) is 2.82. The van der Waals surface area contributed by atoms with Gasteiger partial charge in [-0.3, -0.25) is 4.79 Å². The molecule has 1 rings (SSSR count). The number of carbonyl (C=O) groups is 1. The van der Waals surface area contributed by atoms with Crippen molar-refractivity contribution < 1.29 is 9.18 Å². The zero-order valence-corrected chi connectivity index (χ0v) is 7.80. The van der Waals surface area contributed by atoms with Crippen LogP contribution in [-0.4, -0.2) is 19.9 Å². The SMILES string of the molecule is CNCC#Cc1cccc(C=O)c1F. The van der Waals surface area contributed by atoms with Crippen LogP contribution in [0.5, 0.6) is 0 Å². The number of carbonyl (C=O) groups excluding carboxylic acids is 1. The van der Waals surface area contributed by atoms with Gasteiger partial charge in [0.1, 0.15) is 5.82 Å². The highest BCUT2D eigenvalue weighted by Crippen LogP contribution is 2.09. The van der Waals surface area contributed by atoms with E-state index >= 15 is 0 Å². The maximum atomic E-state index is 13.3. The first kappa shape index (κ1) is 10.4. The summed E-state index contributed by atoms with van der Waals surface area (Å²) in [4.78, 5) is 10.4. The predicted octanol–water partition coefficient (Wildman–Crippen LogP) is 1.21. The van der Waals surface area contributed by atoms with Crippen molar-refractivity contribution in [3.63, 3.8) is 0 Å². The second-order valence-electron chi connectivity index (χ2n) is 2.66. The van der Waals surface area contributed by atoms with Crippen LogP contribution in [0.4, 0.5) is 4.39 Å². The van der Waals surface area contributed by atoms with Crippen molar-refractivity contribution in [2.45, 2.75) is 0 Å². The second-order valence-corrected chi connectivity index (χ2v) is 2.66. The fourth-order valence-electron chi connectivity index (χ4n) is 0.965. The maximum Gasteiger partial charge on any atom is 0.153 e. The minimum Gasteiger partial charge on any atom is -0.309 e. The van der Waals surface area contributed by atoms with Gasteiger partial charge in [0.25, 0.3) is 0 Å². The minimum atomic E-state index is -0.550. The van der Waals surface area contributed by atoms with Gasteiger partial charge in [-0.15, -0.1) is 0 Å². The molecule has 0 radical (unpaired) electrons. The zero-order valence-electron chi connectivity index (χ0n) is 7.80. The van der Waals surface area contributed by atoms with E-state index in [1.165, 1.54) is 6.07 Å². The summed E-state index contributed by atoms with van der Waals surface area (Å²) in [6.07, 6.45) is 0.485. The molecule has 0 spiro atoms. The second kappa shape index (κ2) is 5.15. The molecule has 1 aromatic rings. The lowest BCUT2D eigenvalue weighted by Gasteiger charge is -1.96. The summed E-state index contributed by atoms with van der Waals surface area (Å²) in [6.45, 7) is 0.491. The van der Waals surface area contributed by atoms with E-state index < -0.39 is 5.82 Å². The lowest BCUT2D eigenvalue weighted by molar-refractivity contribution is 0.112. The third-order valence-electron chi connectivity index (χ3n) is 1.64. The number of rotatable bonds is 2. The van der Waals surface area contributed by atoms with Gasteiger partial charge < -0.3 is 5.32 Å². The van der Waals surface area contributed by atoms with E-state index in [-0.39, 0.29) is 11.1 Å². The molecule has 0 amide bonds. The molecule has 0 aliphatic rings. The molecule has 0 saturated carbocycles. The van der Waals surface area contributed by atoms with Gasteiger partial charge in [-0.1, -0.05) is 17.9 Å². The van der Waals surface area contributed by atoms with Crippen molar-refractivity contribution >= 4 is 6.29 Å². The number of hydrogen-bond acceptors (Lipinski definition) is 2. The molecule has 0 saturated heterocycles. The average molecular weight is 191 g/mol. The molecule has 1 N–H and O–H groups in total. The number of hydrogen-bond donors (Lipinski definition) is 1. The molecule has 0 atom stereocenters. The van der Waals surface area contributed by atoms with Crippen molar-refractivity contribution in [3.8, 4) is 11.8 Å². The van der Waals surface area contributed by atoms with E-state index in [1.807, 2.05) is 0 Å². The first-order valence-electron chi connectivity index (χ1n) is 4.16. The summed E-state index contributed by atoms with van der Waals surface area (Å²) in [6, 6.07) is 4.58. The molecular formula is C11H10FNO. The zero-order chi connectivity index (χ0) is 10.4. The van der Waals surface area contributed by atoms with Crippen molar-refractivity contribution in [3.05, 3.63) is 35.1 Å². The van der Waals surface area contributed by atoms with Crippen LogP contribution in [0.2, 0.25) is 0 Å². The maximum absolute atomic E-state index is 13.3. The molecule has 0 aromatic heterocycles. The molecule has 0 fully saturated rings. The van der Waals surface area contributed by atoms with Crippen LogP contribution in [0.1, 0.15) is 15.9 Å². The van der Waals surface area contributed by atoms with Gasteiger partial charge in [0.15, 0.2) is 6.29 Å². The summed E-state index contributed by atoms with van der Waals surface area (Å²) in [7, 11) is 1.76. The van der Waals surface area contributed by atoms with Gasteiger partial charge in [-0.05, 0) is 19.2 Å². The van der Waals surface area contributed by atoms with Crippen molar-refractivity contribution in [2.24, 2.45) is 0 Å². The van der Waals surface area contributed by atoms with E-state index in [9.17, 15) is 9.18 Å². The molecule has 1 aromatic carbocycles. The standard InChI is InChI=1S/C11H10FNO/c1-13-7-3-6-9-4-2-5-10(8-14)11(9)12/h2,4-5,8,13H,7H2,1H3. The van der Waals surface area contributed by atoms with E-state index in [2.05, 4.69) is 17.2 Å². The van der Waals surface area contributed by atoms with Crippen LogP contribution < -0.4 is 5.32 Å². The van der Waals surface area contributed by atoms with Crippen LogP contribution in [0, 0.1) is 17.7 Å². The highest BCUT2D eigenvalue weighted by atomic mass is 19.1. The molecule has 0 aliphatic heterocycles. The minimum absolute atomic E-state index is 0.0428. The molecule has 0 unspecified atom stereocenters. The van der Waals surface area contributed by atoms with Crippen LogP contribution in [0.3, 0.4) is 0 Å². The Balaban J connectivity index is 2.99. The summed E-state index contributed by atoms with van der Waals surface area (Å²) < 4.78 is 13.3. The Bertz CT molecular complexity index is 390. The van der Waals surface area contributed by atoms with Crippen LogP contribution in [0.15, 0.2) is 18.2 Å². The third kappa shape index (κ3) is 2.41. The van der Waals surface area contributed by atoms with E-state index in [0.29, 0.717) is 12.8 Å². The number of halogens is 1. The molecular weight excluding hydrogens is 181 g/mol. The van der Waals surface area contributed by atoms with Crippen LogP contribution in [-0.2, 0) is 0 Å². The molecule has 0 aliphatic carbocycles. The first-order chi connectivity index (χ1) is 6.79. The van der Waals surface area contributed by atoms with Gasteiger partial charge in [0.05, 0.1) is 17.7 Å². The third-order valence-corrected chi connectivity index (χ3v) is 1.64. The quantitative estimate of drug-likeness (QED) is 0.562. The van der Waals surface area contributed by atoms with Crippen molar-refractivity contribution in [1.82, 2.24) is 5.32 Å². The summed E-state index contributed by atoms with van der Waals surface area (Å²) >= 11 is 0. The summed E-state index contributed by atoms with van der Waals surface area (Å²) in [5.41, 5.74) is 0.297. The Kier molecular flexibility index (Phi) is 3.84. The van der Waals surface area contributed by atoms with E-state index in [1.54, 1.807) is 19.2 Å². The molecule has 3 heteroatoms. The fraction of sp³-hybridized carbons (Fsp3) is 0.182. The van der Waals surface area contributed by atoms with Crippen LogP contribution >= 0.6 is 0 Å². The largest absolute Gasteiger partial charge is 0.309 e. The summed E-state index contributed by atoms with van der Waals surface area (Å²) in [5.74, 6) is 4.82. The predicted molar refractivity (Wildman–Crippen MR) is 52.6 cm³/mol. The molecule has 72 valence electrons. The van der Waals surface area contributed by atoms with Gasteiger partial charge in [0.2, 0.25) is 0 Å². The molecule has 14 heavy (non-hydrogen) atoms.